The van der Waals surface area contributed by atoms with Gasteiger partial charge < -0.3 is 0 Å². The van der Waals surface area contributed by atoms with Crippen molar-refractivity contribution in [3.63, 3.8) is 0 Å². The smallest absolute Gasteiger partial charge is 0.197 e. The zero-order valence-corrected chi connectivity index (χ0v) is 6.42. The molecule has 0 aliphatic heterocycles. The zero-order valence-electron chi connectivity index (χ0n) is 7.84. The van der Waals surface area contributed by atoms with Crippen molar-refractivity contribution in [1.29, 1.82) is 0 Å². The third kappa shape index (κ3) is 1.60. The van der Waals surface area contributed by atoms with Crippen molar-refractivity contribution < 1.29 is 8.91 Å². The summed E-state index contributed by atoms with van der Waals surface area (Å²) in [6.07, 6.45) is 1.32. The molecule has 1 heterocycles. The van der Waals surface area contributed by atoms with Gasteiger partial charge in [0, 0.05) is 17.2 Å². The minimum Gasteiger partial charge on any atom is -0.291 e. The second-order valence-corrected chi connectivity index (χ2v) is 2.34. The lowest BCUT2D eigenvalue weighted by Crippen LogP contribution is -1.99. The van der Waals surface area contributed by atoms with E-state index in [1.54, 1.807) is 0 Å². The molecule has 0 aliphatic carbocycles. The fraction of sp³-hybridized carbons (Fsp3) is 0.167. The topological polar surface area (TPSA) is 42.9 Å². The quantitative estimate of drug-likeness (QED) is 0.513. The molecule has 0 saturated heterocycles. The SMILES string of the molecule is [2H]C([2H])([2H])C(=O)c1nccc(Br)n1. The molecule has 3 nitrogen and oxygen atoms in total. The third-order valence-corrected chi connectivity index (χ3v) is 1.27. The van der Waals surface area contributed by atoms with Crippen LogP contribution in [-0.4, -0.2) is 15.8 Å². The molecule has 1 aromatic rings. The Labute approximate surface area is 70.8 Å². The van der Waals surface area contributed by atoms with Gasteiger partial charge in [0.15, 0.2) is 11.6 Å². The molecule has 0 amide bonds. The van der Waals surface area contributed by atoms with Gasteiger partial charge in [-0.05, 0) is 22.0 Å². The van der Waals surface area contributed by atoms with Crippen molar-refractivity contribution in [2.45, 2.75) is 6.85 Å². The molecule has 1 aromatic heterocycles. The van der Waals surface area contributed by atoms with Crippen LogP contribution in [0.3, 0.4) is 0 Å². The van der Waals surface area contributed by atoms with Gasteiger partial charge in [0.2, 0.25) is 0 Å². The highest BCUT2D eigenvalue weighted by Gasteiger charge is 2.00. The number of nitrogens with zero attached hydrogens (tertiary/aromatic N) is 2. The molecule has 0 radical (unpaired) electrons. The van der Waals surface area contributed by atoms with E-state index < -0.39 is 12.6 Å². The molecule has 0 saturated carbocycles. The van der Waals surface area contributed by atoms with Gasteiger partial charge in [-0.15, -0.1) is 0 Å². The van der Waals surface area contributed by atoms with Gasteiger partial charge in [-0.1, -0.05) is 0 Å². The van der Waals surface area contributed by atoms with Crippen LogP contribution in [0.25, 0.3) is 0 Å². The minimum atomic E-state index is -2.68. The minimum absolute atomic E-state index is 0.297. The number of rotatable bonds is 1. The van der Waals surface area contributed by atoms with Crippen molar-refractivity contribution in [2.75, 3.05) is 0 Å². The van der Waals surface area contributed by atoms with Crippen LogP contribution in [0.4, 0.5) is 0 Å². The second-order valence-electron chi connectivity index (χ2n) is 1.53. The van der Waals surface area contributed by atoms with Gasteiger partial charge in [0.1, 0.15) is 4.60 Å². The Balaban J connectivity index is 3.03. The summed E-state index contributed by atoms with van der Waals surface area (Å²) in [5, 5.41) is 0. The molecule has 0 bridgehead atoms. The van der Waals surface area contributed by atoms with Crippen LogP contribution in [-0.2, 0) is 0 Å². The van der Waals surface area contributed by atoms with Crippen LogP contribution in [0.15, 0.2) is 16.9 Å². The van der Waals surface area contributed by atoms with Crippen LogP contribution >= 0.6 is 15.9 Å². The number of Topliss-reactive ketones (excluding diaryl/α,β-unsaturated/α-hetero) is 1. The van der Waals surface area contributed by atoms with Gasteiger partial charge in [-0.25, -0.2) is 9.97 Å². The fourth-order valence-corrected chi connectivity index (χ4v) is 0.732. The standard InChI is InChI=1S/C6H5BrN2O/c1-4(10)6-8-3-2-5(7)9-6/h2-3H,1H3/i1D3. The molecular weight excluding hydrogens is 196 g/mol. The molecule has 0 atom stereocenters. The van der Waals surface area contributed by atoms with Crippen molar-refractivity contribution in [1.82, 2.24) is 9.97 Å². The molecule has 0 fully saturated rings. The van der Waals surface area contributed by atoms with E-state index in [4.69, 9.17) is 4.11 Å². The van der Waals surface area contributed by atoms with E-state index in [1.807, 2.05) is 0 Å². The fourth-order valence-electron chi connectivity index (χ4n) is 0.446. The van der Waals surface area contributed by atoms with Crippen molar-refractivity contribution in [3.05, 3.63) is 22.7 Å². The number of ketones is 1. The van der Waals surface area contributed by atoms with E-state index in [2.05, 4.69) is 25.9 Å². The van der Waals surface area contributed by atoms with E-state index in [9.17, 15) is 4.79 Å². The third-order valence-electron chi connectivity index (χ3n) is 0.825. The summed E-state index contributed by atoms with van der Waals surface area (Å²) in [7, 11) is 0. The van der Waals surface area contributed by atoms with Crippen molar-refractivity contribution >= 4 is 21.7 Å². The normalized spacial score (nSPS) is 15.1. The Morgan fingerprint density at radius 1 is 1.90 bits per heavy atom. The van der Waals surface area contributed by atoms with Gasteiger partial charge >= 0.3 is 0 Å². The molecule has 0 N–H and O–H groups in total. The number of hydrogen-bond donors (Lipinski definition) is 0. The second kappa shape index (κ2) is 2.88. The first-order chi connectivity index (χ1) is 5.91. The van der Waals surface area contributed by atoms with Gasteiger partial charge in [0.05, 0.1) is 0 Å². The van der Waals surface area contributed by atoms with Crippen LogP contribution in [0.5, 0.6) is 0 Å². The van der Waals surface area contributed by atoms with Crippen molar-refractivity contribution in [3.8, 4) is 0 Å². The van der Waals surface area contributed by atoms with E-state index in [0.29, 0.717) is 4.60 Å². The number of hydrogen-bond acceptors (Lipinski definition) is 3. The first-order valence-electron chi connectivity index (χ1n) is 3.94. The maximum absolute atomic E-state index is 11.1. The van der Waals surface area contributed by atoms with Gasteiger partial charge in [0.25, 0.3) is 0 Å². The Morgan fingerprint density at radius 2 is 2.70 bits per heavy atom. The number of aromatic nitrogens is 2. The molecule has 0 unspecified atom stereocenters. The average Bonchev–Trinajstić information content (AvgIpc) is 2.01. The lowest BCUT2D eigenvalue weighted by Gasteiger charge is -1.91. The molecule has 0 aliphatic rings. The van der Waals surface area contributed by atoms with Crippen LogP contribution in [0.2, 0.25) is 0 Å². The lowest BCUT2D eigenvalue weighted by atomic mass is 10.4. The Bertz CT molecular complexity index is 339. The number of carbonyl (C=O) groups is 1. The monoisotopic (exact) mass is 203 g/mol. The summed E-state index contributed by atoms with van der Waals surface area (Å²) in [6, 6.07) is 1.51. The highest BCUT2D eigenvalue weighted by molar-refractivity contribution is 9.10. The largest absolute Gasteiger partial charge is 0.291 e. The van der Waals surface area contributed by atoms with Gasteiger partial charge in [-0.3, -0.25) is 4.79 Å². The Morgan fingerprint density at radius 3 is 3.30 bits per heavy atom. The summed E-state index contributed by atoms with van der Waals surface area (Å²) in [5.41, 5.74) is 0. The molecule has 0 spiro atoms. The predicted octanol–water partition coefficient (Wildman–Crippen LogP) is 1.44. The Hall–Kier alpha value is -0.770. The molecule has 10 heavy (non-hydrogen) atoms. The van der Waals surface area contributed by atoms with E-state index in [1.165, 1.54) is 12.3 Å². The highest BCUT2D eigenvalue weighted by atomic mass is 79.9. The van der Waals surface area contributed by atoms with Gasteiger partial charge in [-0.2, -0.15) is 0 Å². The first-order valence-corrected chi connectivity index (χ1v) is 3.24. The first kappa shape index (κ1) is 4.18. The molecule has 1 rings (SSSR count). The van der Waals surface area contributed by atoms with Crippen LogP contribution in [0, 0.1) is 0 Å². The average molecular weight is 204 g/mol. The summed E-state index contributed by atoms with van der Waals surface area (Å²) in [4.78, 5) is 18.3. The predicted molar refractivity (Wildman–Crippen MR) is 39.7 cm³/mol. The molecule has 0 aromatic carbocycles. The van der Waals surface area contributed by atoms with Crippen molar-refractivity contribution in [2.24, 2.45) is 0 Å². The van der Waals surface area contributed by atoms with E-state index in [-0.39, 0.29) is 5.82 Å². The summed E-state index contributed by atoms with van der Waals surface area (Å²) >= 11 is 3.01. The Kier molecular flexibility index (Phi) is 1.20. The summed E-state index contributed by atoms with van der Waals surface area (Å²) in [5.74, 6) is -1.34. The lowest BCUT2D eigenvalue weighted by molar-refractivity contribution is 0.100. The molecular formula is C6H5BrN2O. The summed E-state index contributed by atoms with van der Waals surface area (Å²) in [6.45, 7) is -2.68. The maximum atomic E-state index is 11.1. The highest BCUT2D eigenvalue weighted by Crippen LogP contribution is 2.03. The van der Waals surface area contributed by atoms with Crippen LogP contribution < -0.4 is 0 Å². The number of carbonyl (C=O) groups excluding carboxylic acids is 1. The molecule has 52 valence electrons. The zero-order chi connectivity index (χ0) is 10.1. The van der Waals surface area contributed by atoms with E-state index in [0.717, 1.165) is 0 Å². The van der Waals surface area contributed by atoms with Crippen LogP contribution in [0.1, 0.15) is 21.6 Å². The van der Waals surface area contributed by atoms with E-state index >= 15 is 0 Å². The maximum Gasteiger partial charge on any atom is 0.197 e. The summed E-state index contributed by atoms with van der Waals surface area (Å²) < 4.78 is 20.9. The molecule has 4 heteroatoms. The number of halogens is 1.